The molecule has 0 aromatic heterocycles. The van der Waals surface area contributed by atoms with Crippen molar-refractivity contribution >= 4 is 17.8 Å². The third-order valence-electron chi connectivity index (χ3n) is 3.29. The van der Waals surface area contributed by atoms with Crippen LogP contribution in [-0.4, -0.2) is 51.3 Å². The molecule has 1 unspecified atom stereocenters. The summed E-state index contributed by atoms with van der Waals surface area (Å²) in [4.78, 5) is 34.5. The van der Waals surface area contributed by atoms with Gasteiger partial charge in [0.15, 0.2) is 11.5 Å². The Morgan fingerprint density at radius 2 is 1.77 bits per heavy atom. The van der Waals surface area contributed by atoms with Gasteiger partial charge in [0.25, 0.3) is 0 Å². The Balaban J connectivity index is 2.74. The van der Waals surface area contributed by atoms with Crippen LogP contribution in [0.4, 0.5) is 0 Å². The van der Waals surface area contributed by atoms with E-state index in [0.29, 0.717) is 11.5 Å². The number of carbonyl (C=O) groups excluding carboxylic acids is 3. The van der Waals surface area contributed by atoms with E-state index >= 15 is 0 Å². The molecule has 1 amide bonds. The van der Waals surface area contributed by atoms with Gasteiger partial charge in [0.1, 0.15) is 19.3 Å². The first-order chi connectivity index (χ1) is 12.4. The molecule has 0 aliphatic heterocycles. The summed E-state index contributed by atoms with van der Waals surface area (Å²) in [6, 6.07) is 4.29. The number of hydrogen-bond acceptors (Lipinski definition) is 7. The van der Waals surface area contributed by atoms with Gasteiger partial charge in [-0.05, 0) is 17.7 Å². The van der Waals surface area contributed by atoms with E-state index in [0.717, 1.165) is 11.6 Å². The van der Waals surface area contributed by atoms with Crippen molar-refractivity contribution in [3.05, 3.63) is 36.4 Å². The minimum atomic E-state index is -0.888. The maximum absolute atomic E-state index is 12.2. The third-order valence-corrected chi connectivity index (χ3v) is 3.29. The molecular formula is C18H23NO7. The van der Waals surface area contributed by atoms with Crippen LogP contribution in [0.3, 0.4) is 0 Å². The van der Waals surface area contributed by atoms with Gasteiger partial charge in [-0.2, -0.15) is 0 Å². The molecule has 1 rings (SSSR count). The fraction of sp³-hybridized carbons (Fsp3) is 0.389. The van der Waals surface area contributed by atoms with E-state index in [4.69, 9.17) is 18.9 Å². The molecule has 0 heterocycles. The zero-order valence-corrected chi connectivity index (χ0v) is 15.1. The zero-order valence-electron chi connectivity index (χ0n) is 15.1. The lowest BCUT2D eigenvalue weighted by molar-refractivity contribution is -0.152. The number of ether oxygens (including phenoxy) is 4. The summed E-state index contributed by atoms with van der Waals surface area (Å²) in [6.07, 6.45) is 1.21. The predicted molar refractivity (Wildman–Crippen MR) is 93.0 cm³/mol. The lowest BCUT2D eigenvalue weighted by atomic mass is 10.1. The quantitative estimate of drug-likeness (QED) is 0.375. The Kier molecular flexibility index (Phi) is 8.69. The van der Waals surface area contributed by atoms with Crippen molar-refractivity contribution in [2.45, 2.75) is 19.4 Å². The van der Waals surface area contributed by atoms with Crippen LogP contribution < -0.4 is 14.8 Å². The number of hydrogen-bond donors (Lipinski definition) is 1. The second-order valence-electron chi connectivity index (χ2n) is 5.19. The molecule has 0 saturated heterocycles. The van der Waals surface area contributed by atoms with Crippen molar-refractivity contribution in [1.29, 1.82) is 0 Å². The Labute approximate surface area is 152 Å². The van der Waals surface area contributed by atoms with Crippen molar-refractivity contribution < 1.29 is 33.3 Å². The molecule has 0 saturated carbocycles. The Morgan fingerprint density at radius 3 is 2.35 bits per heavy atom. The molecule has 1 atom stereocenters. The van der Waals surface area contributed by atoms with Crippen molar-refractivity contribution in [3.8, 4) is 11.5 Å². The fourth-order valence-electron chi connectivity index (χ4n) is 2.13. The van der Waals surface area contributed by atoms with Crippen LogP contribution in [0.25, 0.3) is 0 Å². The lowest BCUT2D eigenvalue weighted by Gasteiger charge is -2.18. The van der Waals surface area contributed by atoms with Gasteiger partial charge in [-0.1, -0.05) is 12.6 Å². The Morgan fingerprint density at radius 1 is 1.12 bits per heavy atom. The van der Waals surface area contributed by atoms with E-state index in [1.54, 1.807) is 18.2 Å². The monoisotopic (exact) mass is 365 g/mol. The maximum atomic E-state index is 12.2. The highest BCUT2D eigenvalue weighted by molar-refractivity contribution is 5.83. The minimum Gasteiger partial charge on any atom is -0.493 e. The van der Waals surface area contributed by atoms with Gasteiger partial charge in [-0.3, -0.25) is 4.79 Å². The number of nitrogens with one attached hydrogen (secondary N) is 1. The van der Waals surface area contributed by atoms with Gasteiger partial charge < -0.3 is 24.3 Å². The number of esters is 2. The van der Waals surface area contributed by atoms with E-state index in [9.17, 15) is 14.4 Å². The van der Waals surface area contributed by atoms with Gasteiger partial charge in [0.05, 0.1) is 14.2 Å². The average molecular weight is 365 g/mol. The van der Waals surface area contributed by atoms with Gasteiger partial charge in [-0.15, -0.1) is 0 Å². The molecule has 1 aromatic carbocycles. The summed E-state index contributed by atoms with van der Waals surface area (Å²) in [5, 5.41) is 2.55. The standard InChI is InChI=1S/C18H23NO7/c1-5-17(21)25-8-9-26-18(22)14(19-12(2)20)10-13-6-7-15(23-3)16(11-13)24-4/h5-7,11,14H,1,8-10H2,2-4H3,(H,19,20). The first-order valence-corrected chi connectivity index (χ1v) is 7.85. The second-order valence-corrected chi connectivity index (χ2v) is 5.19. The Bertz CT molecular complexity index is 657. The van der Waals surface area contributed by atoms with Crippen LogP contribution in [0.1, 0.15) is 12.5 Å². The molecule has 0 fully saturated rings. The van der Waals surface area contributed by atoms with Crippen LogP contribution in [0.5, 0.6) is 11.5 Å². The van der Waals surface area contributed by atoms with E-state index in [-0.39, 0.29) is 25.5 Å². The van der Waals surface area contributed by atoms with Crippen molar-refractivity contribution in [1.82, 2.24) is 5.32 Å². The first kappa shape index (κ1) is 21.0. The molecule has 0 aliphatic rings. The van der Waals surface area contributed by atoms with Gasteiger partial charge in [0.2, 0.25) is 5.91 Å². The summed E-state index contributed by atoms with van der Waals surface area (Å²) in [5.74, 6) is -0.546. The Hall–Kier alpha value is -3.03. The first-order valence-electron chi connectivity index (χ1n) is 7.85. The summed E-state index contributed by atoms with van der Waals surface area (Å²) < 4.78 is 20.2. The molecule has 26 heavy (non-hydrogen) atoms. The van der Waals surface area contributed by atoms with Crippen molar-refractivity contribution in [3.63, 3.8) is 0 Å². The van der Waals surface area contributed by atoms with Crippen LogP contribution >= 0.6 is 0 Å². The molecule has 1 N–H and O–H groups in total. The van der Waals surface area contributed by atoms with E-state index < -0.39 is 18.0 Å². The van der Waals surface area contributed by atoms with Gasteiger partial charge >= 0.3 is 11.9 Å². The fourth-order valence-corrected chi connectivity index (χ4v) is 2.13. The van der Waals surface area contributed by atoms with E-state index in [1.807, 2.05) is 0 Å². The smallest absolute Gasteiger partial charge is 0.330 e. The number of amides is 1. The maximum Gasteiger partial charge on any atom is 0.330 e. The molecule has 8 nitrogen and oxygen atoms in total. The summed E-state index contributed by atoms with van der Waals surface area (Å²) in [6.45, 7) is 4.34. The van der Waals surface area contributed by atoms with Crippen LogP contribution in [-0.2, 0) is 30.3 Å². The highest BCUT2D eigenvalue weighted by Crippen LogP contribution is 2.28. The van der Waals surface area contributed by atoms with Crippen molar-refractivity contribution in [2.75, 3.05) is 27.4 Å². The molecule has 0 aliphatic carbocycles. The van der Waals surface area contributed by atoms with Crippen LogP contribution in [0, 0.1) is 0 Å². The molecule has 8 heteroatoms. The van der Waals surface area contributed by atoms with Crippen LogP contribution in [0.2, 0.25) is 0 Å². The largest absolute Gasteiger partial charge is 0.493 e. The highest BCUT2D eigenvalue weighted by atomic mass is 16.6. The molecular weight excluding hydrogens is 342 g/mol. The summed E-state index contributed by atoms with van der Waals surface area (Å²) >= 11 is 0. The normalized spacial score (nSPS) is 11.0. The number of carbonyl (C=O) groups is 3. The lowest BCUT2D eigenvalue weighted by Crippen LogP contribution is -2.42. The zero-order chi connectivity index (χ0) is 19.5. The molecule has 1 aromatic rings. The van der Waals surface area contributed by atoms with Crippen molar-refractivity contribution in [2.24, 2.45) is 0 Å². The SMILES string of the molecule is C=CC(=O)OCCOC(=O)C(Cc1ccc(OC)c(OC)c1)NC(C)=O. The topological polar surface area (TPSA) is 100 Å². The van der Waals surface area contributed by atoms with Gasteiger partial charge in [0, 0.05) is 19.4 Å². The van der Waals surface area contributed by atoms with E-state index in [2.05, 4.69) is 11.9 Å². The van der Waals surface area contributed by atoms with Crippen LogP contribution in [0.15, 0.2) is 30.9 Å². The molecule has 142 valence electrons. The number of methoxy groups -OCH3 is 2. The number of rotatable bonds is 10. The van der Waals surface area contributed by atoms with Gasteiger partial charge in [-0.25, -0.2) is 9.59 Å². The van der Waals surface area contributed by atoms with E-state index in [1.165, 1.54) is 21.1 Å². The third kappa shape index (κ3) is 6.84. The molecule has 0 radical (unpaired) electrons. The minimum absolute atomic E-state index is 0.0975. The molecule has 0 spiro atoms. The number of benzene rings is 1. The summed E-state index contributed by atoms with van der Waals surface area (Å²) in [7, 11) is 3.03. The summed E-state index contributed by atoms with van der Waals surface area (Å²) in [5.41, 5.74) is 0.747. The highest BCUT2D eigenvalue weighted by Gasteiger charge is 2.22. The molecule has 0 bridgehead atoms. The average Bonchev–Trinajstić information content (AvgIpc) is 2.63. The second kappa shape index (κ2) is 10.8. The predicted octanol–water partition coefficient (Wildman–Crippen LogP) is 1.02.